The Morgan fingerprint density at radius 3 is 2.17 bits per heavy atom. The van der Waals surface area contributed by atoms with E-state index in [0.717, 1.165) is 26.2 Å². The lowest BCUT2D eigenvalue weighted by Gasteiger charge is -2.15. The number of allylic oxidation sites excluding steroid dienone is 2. The van der Waals surface area contributed by atoms with Crippen LogP contribution in [0.4, 0.5) is 0 Å². The first-order chi connectivity index (χ1) is 8.45. The predicted molar refractivity (Wildman–Crippen MR) is 76.6 cm³/mol. The Morgan fingerprint density at radius 2 is 1.78 bits per heavy atom. The van der Waals surface area contributed by atoms with Gasteiger partial charge in [0.05, 0.1) is 0 Å². The van der Waals surface area contributed by atoms with Gasteiger partial charge in [-0.05, 0) is 38.5 Å². The van der Waals surface area contributed by atoms with Gasteiger partial charge in [0.15, 0.2) is 0 Å². The van der Waals surface area contributed by atoms with Crippen molar-refractivity contribution in [1.82, 2.24) is 0 Å². The minimum absolute atomic E-state index is 0.324. The van der Waals surface area contributed by atoms with Crippen molar-refractivity contribution < 1.29 is 15.0 Å². The highest BCUT2D eigenvalue weighted by Gasteiger charge is 2.07. The molecule has 0 amide bonds. The van der Waals surface area contributed by atoms with Gasteiger partial charge in [-0.25, -0.2) is 0 Å². The lowest BCUT2D eigenvalue weighted by Crippen LogP contribution is -2.01. The van der Waals surface area contributed by atoms with Crippen molar-refractivity contribution in [2.45, 2.75) is 52.4 Å². The van der Waals surface area contributed by atoms with Gasteiger partial charge in [0.2, 0.25) is 0 Å². The van der Waals surface area contributed by atoms with Crippen LogP contribution in [0.2, 0.25) is 0 Å². The van der Waals surface area contributed by atoms with Gasteiger partial charge in [0, 0.05) is 13.5 Å². The smallest absolute Gasteiger partial charge is 0.300 e. The first-order valence-corrected chi connectivity index (χ1v) is 6.52. The van der Waals surface area contributed by atoms with Crippen LogP contribution in [-0.4, -0.2) is 22.8 Å². The summed E-state index contributed by atoms with van der Waals surface area (Å²) in [6, 6.07) is 0. The number of aliphatic hydroxyl groups excluding tert-OH is 1. The highest BCUT2D eigenvalue weighted by Crippen LogP contribution is 2.22. The number of carbonyl (C=O) groups is 1. The fourth-order valence-electron chi connectivity index (χ4n) is 1.64. The molecule has 0 saturated heterocycles. The van der Waals surface area contributed by atoms with E-state index in [1.807, 2.05) is 6.08 Å². The predicted octanol–water partition coefficient (Wildman–Crippen LogP) is 3.79. The van der Waals surface area contributed by atoms with E-state index < -0.39 is 5.97 Å². The molecule has 0 aromatic rings. The molecule has 0 spiro atoms. The van der Waals surface area contributed by atoms with Crippen molar-refractivity contribution in [1.29, 1.82) is 0 Å². The molecular formula is C15H28O3. The van der Waals surface area contributed by atoms with Crippen LogP contribution in [-0.2, 0) is 4.79 Å². The Kier molecular flexibility index (Phi) is 14.9. The van der Waals surface area contributed by atoms with Crippen LogP contribution in [0, 0.1) is 5.92 Å². The van der Waals surface area contributed by atoms with Crippen LogP contribution >= 0.6 is 0 Å². The SMILES string of the molecule is C=CCCC(CCCCCO)C(=C)C.CC(=O)O. The van der Waals surface area contributed by atoms with Crippen molar-refractivity contribution in [3.05, 3.63) is 24.8 Å². The molecule has 0 saturated carbocycles. The summed E-state index contributed by atoms with van der Waals surface area (Å²) in [6.45, 7) is 11.3. The number of carboxylic acid groups (broad SMARTS) is 1. The number of hydrogen-bond donors (Lipinski definition) is 2. The maximum Gasteiger partial charge on any atom is 0.300 e. The fourth-order valence-corrected chi connectivity index (χ4v) is 1.64. The van der Waals surface area contributed by atoms with E-state index in [9.17, 15) is 0 Å². The molecule has 106 valence electrons. The zero-order chi connectivity index (χ0) is 14.4. The average molecular weight is 256 g/mol. The third kappa shape index (κ3) is 17.3. The van der Waals surface area contributed by atoms with Gasteiger partial charge in [-0.1, -0.05) is 31.1 Å². The van der Waals surface area contributed by atoms with Gasteiger partial charge in [-0.3, -0.25) is 4.79 Å². The molecule has 2 N–H and O–H groups in total. The molecule has 18 heavy (non-hydrogen) atoms. The van der Waals surface area contributed by atoms with Crippen molar-refractivity contribution in [3.63, 3.8) is 0 Å². The molecule has 3 nitrogen and oxygen atoms in total. The summed E-state index contributed by atoms with van der Waals surface area (Å²) in [4.78, 5) is 9.00. The first kappa shape index (κ1) is 19.3. The normalized spacial score (nSPS) is 11.1. The summed E-state index contributed by atoms with van der Waals surface area (Å²) >= 11 is 0. The maximum absolute atomic E-state index is 9.00. The molecule has 0 rings (SSSR count). The summed E-state index contributed by atoms with van der Waals surface area (Å²) < 4.78 is 0. The molecular weight excluding hydrogens is 228 g/mol. The van der Waals surface area contributed by atoms with Crippen molar-refractivity contribution in [2.24, 2.45) is 5.92 Å². The highest BCUT2D eigenvalue weighted by molar-refractivity contribution is 5.62. The zero-order valence-corrected chi connectivity index (χ0v) is 11.8. The Balaban J connectivity index is 0. The van der Waals surface area contributed by atoms with Crippen LogP contribution in [0.1, 0.15) is 52.4 Å². The third-order valence-corrected chi connectivity index (χ3v) is 2.63. The maximum atomic E-state index is 9.00. The number of hydrogen-bond acceptors (Lipinski definition) is 2. The molecule has 0 heterocycles. The second-order valence-electron chi connectivity index (χ2n) is 4.50. The monoisotopic (exact) mass is 256 g/mol. The van der Waals surface area contributed by atoms with Crippen molar-refractivity contribution in [2.75, 3.05) is 6.61 Å². The summed E-state index contributed by atoms with van der Waals surface area (Å²) in [7, 11) is 0. The van der Waals surface area contributed by atoms with Gasteiger partial charge >= 0.3 is 0 Å². The molecule has 3 heteroatoms. The zero-order valence-electron chi connectivity index (χ0n) is 11.8. The standard InChI is InChI=1S/C13H24O.C2H4O2/c1-4-5-9-13(12(2)3)10-7-6-8-11-14;1-2(3)4/h4,13-14H,1-2,5-11H2,3H3;1H3,(H,3,4). The van der Waals surface area contributed by atoms with Crippen LogP contribution in [0.25, 0.3) is 0 Å². The van der Waals surface area contributed by atoms with Crippen molar-refractivity contribution in [3.8, 4) is 0 Å². The lowest BCUT2D eigenvalue weighted by molar-refractivity contribution is -0.134. The molecule has 0 aliphatic rings. The Bertz CT molecular complexity index is 230. The van der Waals surface area contributed by atoms with E-state index in [-0.39, 0.29) is 0 Å². The largest absolute Gasteiger partial charge is 0.481 e. The van der Waals surface area contributed by atoms with Crippen molar-refractivity contribution >= 4 is 5.97 Å². The number of carboxylic acids is 1. The summed E-state index contributed by atoms with van der Waals surface area (Å²) in [5.41, 5.74) is 1.29. The molecule has 1 unspecified atom stereocenters. The average Bonchev–Trinajstić information content (AvgIpc) is 2.27. The van der Waals surface area contributed by atoms with Gasteiger partial charge in [-0.2, -0.15) is 0 Å². The van der Waals surface area contributed by atoms with Gasteiger partial charge in [0.25, 0.3) is 5.97 Å². The second kappa shape index (κ2) is 14.0. The summed E-state index contributed by atoms with van der Waals surface area (Å²) in [5.74, 6) is -0.188. The highest BCUT2D eigenvalue weighted by atomic mass is 16.4. The Morgan fingerprint density at radius 1 is 1.22 bits per heavy atom. The van der Waals surface area contributed by atoms with Crippen LogP contribution in [0.15, 0.2) is 24.8 Å². The molecule has 1 atom stereocenters. The molecule has 0 aliphatic carbocycles. The topological polar surface area (TPSA) is 57.5 Å². The second-order valence-corrected chi connectivity index (χ2v) is 4.50. The molecule has 0 fully saturated rings. The summed E-state index contributed by atoms with van der Waals surface area (Å²) in [6.07, 6.45) is 8.72. The summed E-state index contributed by atoms with van der Waals surface area (Å²) in [5, 5.41) is 16.1. The number of unbranched alkanes of at least 4 members (excludes halogenated alkanes) is 2. The van der Waals surface area contributed by atoms with E-state index in [4.69, 9.17) is 15.0 Å². The third-order valence-electron chi connectivity index (χ3n) is 2.63. The minimum Gasteiger partial charge on any atom is -0.481 e. The lowest BCUT2D eigenvalue weighted by atomic mass is 9.91. The number of aliphatic carboxylic acids is 1. The number of rotatable bonds is 9. The molecule has 0 aromatic heterocycles. The van der Waals surface area contributed by atoms with E-state index in [1.54, 1.807) is 0 Å². The molecule has 0 bridgehead atoms. The van der Waals surface area contributed by atoms with E-state index >= 15 is 0 Å². The molecule has 0 aromatic carbocycles. The Labute approximate surface area is 111 Å². The Hall–Kier alpha value is -1.09. The van der Waals surface area contributed by atoms with E-state index in [1.165, 1.54) is 24.8 Å². The van der Waals surface area contributed by atoms with Crippen LogP contribution in [0.5, 0.6) is 0 Å². The quantitative estimate of drug-likeness (QED) is 0.487. The van der Waals surface area contributed by atoms with Gasteiger partial charge < -0.3 is 10.2 Å². The van der Waals surface area contributed by atoms with E-state index in [2.05, 4.69) is 20.1 Å². The van der Waals surface area contributed by atoms with Crippen LogP contribution in [0.3, 0.4) is 0 Å². The number of aliphatic hydroxyl groups is 1. The van der Waals surface area contributed by atoms with Gasteiger partial charge in [-0.15, -0.1) is 6.58 Å². The molecule has 0 aliphatic heterocycles. The first-order valence-electron chi connectivity index (χ1n) is 6.52. The fraction of sp³-hybridized carbons (Fsp3) is 0.667. The minimum atomic E-state index is -0.833. The van der Waals surface area contributed by atoms with Gasteiger partial charge in [0.1, 0.15) is 0 Å². The molecule has 0 radical (unpaired) electrons. The van der Waals surface area contributed by atoms with Crippen LogP contribution < -0.4 is 0 Å². The van der Waals surface area contributed by atoms with E-state index in [0.29, 0.717) is 12.5 Å².